The maximum atomic E-state index is 13.1. The highest BCUT2D eigenvalue weighted by atomic mass is 32.1. The summed E-state index contributed by atoms with van der Waals surface area (Å²) < 4.78 is 51.5. The van der Waals surface area contributed by atoms with E-state index < -0.39 is 17.9 Å². The van der Waals surface area contributed by atoms with Crippen LogP contribution in [0.4, 0.5) is 23.5 Å². The standard InChI is InChI=1S/C16H11F4N3S/c17-11-5-3-10(4-6-11)14(12-2-1-9-24-12)23-15-21-8-7-13(22-15)16(18,19)20/h1-9,14H,(H,21,22,23)/t14-/m1/s1. The molecule has 0 fully saturated rings. The highest BCUT2D eigenvalue weighted by Gasteiger charge is 2.33. The topological polar surface area (TPSA) is 37.8 Å². The number of thiophene rings is 1. The van der Waals surface area contributed by atoms with Gasteiger partial charge in [0, 0.05) is 11.1 Å². The van der Waals surface area contributed by atoms with Crippen molar-refractivity contribution in [3.63, 3.8) is 0 Å². The molecule has 3 nitrogen and oxygen atoms in total. The van der Waals surface area contributed by atoms with E-state index >= 15 is 0 Å². The summed E-state index contributed by atoms with van der Waals surface area (Å²) in [6.45, 7) is 0. The lowest BCUT2D eigenvalue weighted by molar-refractivity contribution is -0.141. The molecule has 1 aromatic carbocycles. The van der Waals surface area contributed by atoms with Crippen molar-refractivity contribution in [3.8, 4) is 0 Å². The van der Waals surface area contributed by atoms with E-state index in [-0.39, 0.29) is 11.8 Å². The molecule has 3 aromatic rings. The van der Waals surface area contributed by atoms with Gasteiger partial charge in [-0.25, -0.2) is 14.4 Å². The molecule has 0 aliphatic heterocycles. The van der Waals surface area contributed by atoms with Gasteiger partial charge in [0.05, 0.1) is 6.04 Å². The predicted octanol–water partition coefficient (Wildman–Crippen LogP) is 4.90. The van der Waals surface area contributed by atoms with Crippen LogP contribution in [0.25, 0.3) is 0 Å². The molecular weight excluding hydrogens is 342 g/mol. The van der Waals surface area contributed by atoms with Gasteiger partial charge in [-0.1, -0.05) is 18.2 Å². The van der Waals surface area contributed by atoms with Crippen molar-refractivity contribution in [1.82, 2.24) is 9.97 Å². The van der Waals surface area contributed by atoms with Crippen molar-refractivity contribution < 1.29 is 17.6 Å². The summed E-state index contributed by atoms with van der Waals surface area (Å²) >= 11 is 1.43. The van der Waals surface area contributed by atoms with E-state index in [0.29, 0.717) is 5.56 Å². The summed E-state index contributed by atoms with van der Waals surface area (Å²) in [5.74, 6) is -0.536. The normalized spacial score (nSPS) is 12.8. The van der Waals surface area contributed by atoms with Crippen LogP contribution in [-0.4, -0.2) is 9.97 Å². The molecule has 24 heavy (non-hydrogen) atoms. The van der Waals surface area contributed by atoms with Crippen LogP contribution in [0, 0.1) is 5.82 Å². The minimum absolute atomic E-state index is 0.146. The fourth-order valence-electron chi connectivity index (χ4n) is 2.14. The first-order valence-electron chi connectivity index (χ1n) is 6.89. The lowest BCUT2D eigenvalue weighted by Gasteiger charge is -2.18. The van der Waals surface area contributed by atoms with E-state index in [0.717, 1.165) is 17.1 Å². The number of nitrogens with one attached hydrogen (secondary N) is 1. The maximum absolute atomic E-state index is 13.1. The van der Waals surface area contributed by atoms with Gasteiger partial charge in [-0.05, 0) is 35.2 Å². The lowest BCUT2D eigenvalue weighted by atomic mass is 10.1. The fourth-order valence-corrected chi connectivity index (χ4v) is 2.95. The van der Waals surface area contributed by atoms with Gasteiger partial charge in [0.15, 0.2) is 0 Å². The van der Waals surface area contributed by atoms with Gasteiger partial charge in [0.25, 0.3) is 0 Å². The second-order valence-corrected chi connectivity index (χ2v) is 5.89. The number of hydrogen-bond donors (Lipinski definition) is 1. The number of halogens is 4. The number of benzene rings is 1. The number of alkyl halides is 3. The largest absolute Gasteiger partial charge is 0.433 e. The zero-order valence-electron chi connectivity index (χ0n) is 12.1. The SMILES string of the molecule is Fc1ccc([C@@H](Nc2nccc(C(F)(F)F)n2)c2cccs2)cc1. The smallest absolute Gasteiger partial charge is 0.342 e. The molecule has 0 aliphatic carbocycles. The number of aromatic nitrogens is 2. The third-order valence-electron chi connectivity index (χ3n) is 3.25. The summed E-state index contributed by atoms with van der Waals surface area (Å²) in [4.78, 5) is 8.22. The molecule has 0 amide bonds. The van der Waals surface area contributed by atoms with Crippen LogP contribution in [0.1, 0.15) is 22.2 Å². The summed E-state index contributed by atoms with van der Waals surface area (Å²) in [7, 11) is 0. The van der Waals surface area contributed by atoms with Gasteiger partial charge in [0.1, 0.15) is 11.5 Å². The summed E-state index contributed by atoms with van der Waals surface area (Å²) in [6, 6.07) is 9.72. The van der Waals surface area contributed by atoms with E-state index in [4.69, 9.17) is 0 Å². The zero-order valence-corrected chi connectivity index (χ0v) is 12.9. The zero-order chi connectivity index (χ0) is 17.2. The lowest BCUT2D eigenvalue weighted by Crippen LogP contribution is -2.16. The summed E-state index contributed by atoms with van der Waals surface area (Å²) in [6.07, 6.45) is -3.50. The monoisotopic (exact) mass is 353 g/mol. The highest BCUT2D eigenvalue weighted by Crippen LogP contribution is 2.31. The number of rotatable bonds is 4. The summed E-state index contributed by atoms with van der Waals surface area (Å²) in [5, 5.41) is 4.74. The van der Waals surface area contributed by atoms with Gasteiger partial charge in [0.2, 0.25) is 5.95 Å². The molecule has 0 unspecified atom stereocenters. The Kier molecular flexibility index (Phi) is 4.48. The van der Waals surface area contributed by atoms with E-state index in [1.165, 1.54) is 23.5 Å². The Balaban J connectivity index is 1.95. The van der Waals surface area contributed by atoms with Crippen molar-refractivity contribution in [2.45, 2.75) is 12.2 Å². The van der Waals surface area contributed by atoms with Crippen LogP contribution in [-0.2, 0) is 6.18 Å². The quantitative estimate of drug-likeness (QED) is 0.678. The average molecular weight is 353 g/mol. The Labute approximate surface area is 139 Å². The molecule has 0 spiro atoms. The molecule has 0 saturated heterocycles. The van der Waals surface area contributed by atoms with Crippen molar-refractivity contribution >= 4 is 17.3 Å². The van der Waals surface area contributed by atoms with E-state index in [1.54, 1.807) is 12.1 Å². The molecule has 3 rings (SSSR count). The first kappa shape index (κ1) is 16.4. The van der Waals surface area contributed by atoms with Gasteiger partial charge in [-0.15, -0.1) is 11.3 Å². The van der Waals surface area contributed by atoms with Gasteiger partial charge < -0.3 is 5.32 Å². The third-order valence-corrected chi connectivity index (χ3v) is 4.19. The van der Waals surface area contributed by atoms with Gasteiger partial charge >= 0.3 is 6.18 Å². The van der Waals surface area contributed by atoms with Gasteiger partial charge in [-0.2, -0.15) is 13.2 Å². The molecule has 0 radical (unpaired) electrons. The Morgan fingerprint density at radius 2 is 1.79 bits per heavy atom. The van der Waals surface area contributed by atoms with Crippen LogP contribution in [0.2, 0.25) is 0 Å². The van der Waals surface area contributed by atoms with Crippen molar-refractivity contribution in [1.29, 1.82) is 0 Å². The van der Waals surface area contributed by atoms with E-state index in [1.807, 2.05) is 17.5 Å². The molecule has 0 bridgehead atoms. The molecule has 1 N–H and O–H groups in total. The third kappa shape index (κ3) is 3.70. The molecular formula is C16H11F4N3S. The van der Waals surface area contributed by atoms with Crippen molar-refractivity contribution in [3.05, 3.63) is 76.0 Å². The maximum Gasteiger partial charge on any atom is 0.433 e. The molecule has 0 aliphatic rings. The number of hydrogen-bond acceptors (Lipinski definition) is 4. The van der Waals surface area contributed by atoms with Crippen LogP contribution in [0.3, 0.4) is 0 Å². The Morgan fingerprint density at radius 3 is 2.42 bits per heavy atom. The average Bonchev–Trinajstić information content (AvgIpc) is 3.07. The van der Waals surface area contributed by atoms with Crippen LogP contribution >= 0.6 is 11.3 Å². The number of anilines is 1. The molecule has 0 saturated carbocycles. The molecule has 8 heteroatoms. The Morgan fingerprint density at radius 1 is 1.04 bits per heavy atom. The van der Waals surface area contributed by atoms with E-state index in [2.05, 4.69) is 15.3 Å². The first-order valence-corrected chi connectivity index (χ1v) is 7.77. The van der Waals surface area contributed by atoms with Crippen LogP contribution in [0.15, 0.2) is 54.0 Å². The fraction of sp³-hybridized carbons (Fsp3) is 0.125. The molecule has 1 atom stereocenters. The van der Waals surface area contributed by atoms with Crippen LogP contribution < -0.4 is 5.32 Å². The van der Waals surface area contributed by atoms with Crippen LogP contribution in [0.5, 0.6) is 0 Å². The predicted molar refractivity (Wildman–Crippen MR) is 83.2 cm³/mol. The highest BCUT2D eigenvalue weighted by molar-refractivity contribution is 7.10. The number of nitrogens with zero attached hydrogens (tertiary/aromatic N) is 2. The minimum Gasteiger partial charge on any atom is -0.342 e. The molecule has 2 heterocycles. The second-order valence-electron chi connectivity index (χ2n) is 4.91. The van der Waals surface area contributed by atoms with Crippen molar-refractivity contribution in [2.24, 2.45) is 0 Å². The second kappa shape index (κ2) is 6.56. The Hall–Kier alpha value is -2.48. The Bertz CT molecular complexity index is 801. The minimum atomic E-state index is -4.55. The molecule has 2 aromatic heterocycles. The first-order chi connectivity index (χ1) is 11.4. The molecule has 124 valence electrons. The van der Waals surface area contributed by atoms with Gasteiger partial charge in [-0.3, -0.25) is 0 Å². The van der Waals surface area contributed by atoms with Crippen molar-refractivity contribution in [2.75, 3.05) is 5.32 Å². The van der Waals surface area contributed by atoms with E-state index in [9.17, 15) is 17.6 Å². The summed E-state index contributed by atoms with van der Waals surface area (Å²) in [5.41, 5.74) is -0.330.